The van der Waals surface area contributed by atoms with E-state index in [4.69, 9.17) is 4.74 Å². The van der Waals surface area contributed by atoms with E-state index in [1.807, 2.05) is 25.1 Å². The Bertz CT molecular complexity index is 809. The summed E-state index contributed by atoms with van der Waals surface area (Å²) in [5.74, 6) is -1.91. The highest BCUT2D eigenvalue weighted by atomic mass is 16.5. The van der Waals surface area contributed by atoms with Gasteiger partial charge in [-0.3, -0.25) is 0 Å². The van der Waals surface area contributed by atoms with Gasteiger partial charge in [-0.05, 0) is 36.4 Å². The Kier molecular flexibility index (Phi) is 5.95. The molecule has 0 aliphatic rings. The van der Waals surface area contributed by atoms with Crippen molar-refractivity contribution >= 4 is 23.6 Å². The summed E-state index contributed by atoms with van der Waals surface area (Å²) < 4.78 is 14.6. The fourth-order valence-electron chi connectivity index (χ4n) is 2.21. The molecular weight excluding hydrogens is 338 g/mol. The molecule has 136 valence electrons. The van der Waals surface area contributed by atoms with Crippen molar-refractivity contribution in [2.75, 3.05) is 33.2 Å². The molecule has 2 aromatic carbocycles. The van der Waals surface area contributed by atoms with Gasteiger partial charge in [-0.25, -0.2) is 14.4 Å². The maximum atomic E-state index is 12.4. The fourth-order valence-corrected chi connectivity index (χ4v) is 2.21. The molecule has 0 amide bonds. The van der Waals surface area contributed by atoms with Gasteiger partial charge in [-0.2, -0.15) is 0 Å². The van der Waals surface area contributed by atoms with Gasteiger partial charge in [0.15, 0.2) is 0 Å². The molecule has 0 aliphatic heterocycles. The number of rotatable bonds is 5. The predicted octanol–water partition coefficient (Wildman–Crippen LogP) is 2.55. The van der Waals surface area contributed by atoms with Crippen LogP contribution in [-0.2, 0) is 9.47 Å². The molecule has 26 heavy (non-hydrogen) atoms. The highest BCUT2D eigenvalue weighted by molar-refractivity contribution is 5.97. The number of carbonyl (C=O) groups is 3. The third kappa shape index (κ3) is 4.38. The van der Waals surface area contributed by atoms with Crippen LogP contribution in [0.1, 0.15) is 31.1 Å². The highest BCUT2D eigenvalue weighted by Crippen LogP contribution is 2.21. The fraction of sp³-hybridized carbons (Fsp3) is 0.211. The summed E-state index contributed by atoms with van der Waals surface area (Å²) in [4.78, 5) is 37.8. The highest BCUT2D eigenvalue weighted by Gasteiger charge is 2.17. The largest absolute Gasteiger partial charge is 0.465 e. The third-order valence-electron chi connectivity index (χ3n) is 3.56. The number of ether oxygens (including phenoxy) is 3. The Morgan fingerprint density at radius 2 is 1.35 bits per heavy atom. The summed E-state index contributed by atoms with van der Waals surface area (Å²) in [7, 11) is 6.14. The van der Waals surface area contributed by atoms with Crippen molar-refractivity contribution in [2.45, 2.75) is 0 Å². The standard InChI is InChI=1S/C19H19NO6/c1-20(2)15-7-5-6-12(9-15)19(23)26-16-10-13(17(21)24-3)8-14(11-16)18(22)25-4/h5-11H,1-4H3. The van der Waals surface area contributed by atoms with E-state index in [1.54, 1.807) is 18.2 Å². The second-order valence-corrected chi connectivity index (χ2v) is 5.56. The van der Waals surface area contributed by atoms with Crippen LogP contribution in [0.3, 0.4) is 0 Å². The zero-order chi connectivity index (χ0) is 19.3. The van der Waals surface area contributed by atoms with Crippen LogP contribution in [0.15, 0.2) is 42.5 Å². The molecule has 2 aromatic rings. The lowest BCUT2D eigenvalue weighted by Gasteiger charge is -2.13. The molecule has 0 N–H and O–H groups in total. The van der Waals surface area contributed by atoms with E-state index in [-0.39, 0.29) is 16.9 Å². The zero-order valence-electron chi connectivity index (χ0n) is 14.9. The van der Waals surface area contributed by atoms with E-state index < -0.39 is 17.9 Å². The van der Waals surface area contributed by atoms with Gasteiger partial charge in [0.05, 0.1) is 30.9 Å². The van der Waals surface area contributed by atoms with Gasteiger partial charge in [-0.15, -0.1) is 0 Å². The van der Waals surface area contributed by atoms with Gasteiger partial charge in [0, 0.05) is 19.8 Å². The average Bonchev–Trinajstić information content (AvgIpc) is 2.66. The quantitative estimate of drug-likeness (QED) is 0.601. The SMILES string of the molecule is COC(=O)c1cc(OC(=O)c2cccc(N(C)C)c2)cc(C(=O)OC)c1. The second-order valence-electron chi connectivity index (χ2n) is 5.56. The van der Waals surface area contributed by atoms with Crippen molar-refractivity contribution in [3.63, 3.8) is 0 Å². The molecule has 7 heteroatoms. The Hall–Kier alpha value is -3.35. The molecule has 0 aromatic heterocycles. The lowest BCUT2D eigenvalue weighted by atomic mass is 10.1. The summed E-state index contributed by atoms with van der Waals surface area (Å²) in [6.45, 7) is 0. The molecule has 0 radical (unpaired) electrons. The minimum absolute atomic E-state index is 0.0357. The monoisotopic (exact) mass is 357 g/mol. The Morgan fingerprint density at radius 1 is 0.769 bits per heavy atom. The molecule has 0 heterocycles. The first-order valence-electron chi connectivity index (χ1n) is 7.67. The molecular formula is C19H19NO6. The van der Waals surface area contributed by atoms with Crippen LogP contribution in [0.4, 0.5) is 5.69 Å². The maximum Gasteiger partial charge on any atom is 0.343 e. The number of anilines is 1. The molecule has 2 rings (SSSR count). The Balaban J connectivity index is 2.35. The first-order chi connectivity index (χ1) is 12.3. The molecule has 0 atom stereocenters. The van der Waals surface area contributed by atoms with Crippen molar-refractivity contribution in [2.24, 2.45) is 0 Å². The van der Waals surface area contributed by atoms with Crippen LogP contribution < -0.4 is 9.64 Å². The van der Waals surface area contributed by atoms with Crippen molar-refractivity contribution in [1.82, 2.24) is 0 Å². The lowest BCUT2D eigenvalue weighted by molar-refractivity contribution is 0.0593. The van der Waals surface area contributed by atoms with Crippen molar-refractivity contribution < 1.29 is 28.6 Å². The van der Waals surface area contributed by atoms with Crippen LogP contribution in [0.25, 0.3) is 0 Å². The minimum Gasteiger partial charge on any atom is -0.465 e. The van der Waals surface area contributed by atoms with Gasteiger partial charge in [-0.1, -0.05) is 6.07 Å². The Morgan fingerprint density at radius 3 is 1.85 bits per heavy atom. The number of carbonyl (C=O) groups excluding carboxylic acids is 3. The number of methoxy groups -OCH3 is 2. The minimum atomic E-state index is -0.664. The van der Waals surface area contributed by atoms with E-state index >= 15 is 0 Å². The van der Waals surface area contributed by atoms with Gasteiger partial charge >= 0.3 is 17.9 Å². The second kappa shape index (κ2) is 8.15. The number of benzene rings is 2. The van der Waals surface area contributed by atoms with Crippen LogP contribution in [0.5, 0.6) is 5.75 Å². The van der Waals surface area contributed by atoms with Gasteiger partial charge in [0.2, 0.25) is 0 Å². The normalized spacial score (nSPS) is 10.0. The van der Waals surface area contributed by atoms with Gasteiger partial charge in [0.25, 0.3) is 0 Å². The van der Waals surface area contributed by atoms with Gasteiger partial charge in [0.1, 0.15) is 5.75 Å². The number of nitrogens with zero attached hydrogens (tertiary/aromatic N) is 1. The van der Waals surface area contributed by atoms with E-state index in [2.05, 4.69) is 9.47 Å². The molecule has 0 bridgehead atoms. The predicted molar refractivity (Wildman–Crippen MR) is 94.8 cm³/mol. The maximum absolute atomic E-state index is 12.4. The van der Waals surface area contributed by atoms with E-state index in [9.17, 15) is 14.4 Å². The van der Waals surface area contributed by atoms with Crippen LogP contribution in [-0.4, -0.2) is 46.2 Å². The summed E-state index contributed by atoms with van der Waals surface area (Å²) in [6.07, 6.45) is 0. The first-order valence-corrected chi connectivity index (χ1v) is 7.67. The van der Waals surface area contributed by atoms with E-state index in [0.717, 1.165) is 5.69 Å². The molecule has 7 nitrogen and oxygen atoms in total. The summed E-state index contributed by atoms with van der Waals surface area (Å²) in [5.41, 5.74) is 1.30. The Labute approximate surface area is 151 Å². The smallest absolute Gasteiger partial charge is 0.343 e. The molecule has 0 aliphatic carbocycles. The first kappa shape index (κ1) is 19.0. The molecule has 0 spiro atoms. The number of hydrogen-bond acceptors (Lipinski definition) is 7. The number of esters is 3. The van der Waals surface area contributed by atoms with Crippen LogP contribution in [0, 0.1) is 0 Å². The molecule has 0 saturated carbocycles. The topological polar surface area (TPSA) is 82.1 Å². The molecule has 0 fully saturated rings. The van der Waals surface area contributed by atoms with Crippen molar-refractivity contribution in [3.05, 3.63) is 59.2 Å². The summed E-state index contributed by atoms with van der Waals surface area (Å²) in [5, 5.41) is 0. The molecule has 0 saturated heterocycles. The van der Waals surface area contributed by atoms with E-state index in [0.29, 0.717) is 5.56 Å². The number of hydrogen-bond donors (Lipinski definition) is 0. The average molecular weight is 357 g/mol. The lowest BCUT2D eigenvalue weighted by Crippen LogP contribution is -2.13. The zero-order valence-corrected chi connectivity index (χ0v) is 14.9. The van der Waals surface area contributed by atoms with Gasteiger partial charge < -0.3 is 19.1 Å². The summed E-state index contributed by atoms with van der Waals surface area (Å²) in [6, 6.07) is 10.8. The van der Waals surface area contributed by atoms with Crippen molar-refractivity contribution in [3.8, 4) is 5.75 Å². The molecule has 0 unspecified atom stereocenters. The van der Waals surface area contributed by atoms with Crippen LogP contribution in [0.2, 0.25) is 0 Å². The third-order valence-corrected chi connectivity index (χ3v) is 3.56. The van der Waals surface area contributed by atoms with Crippen LogP contribution >= 0.6 is 0 Å². The van der Waals surface area contributed by atoms with Crippen molar-refractivity contribution in [1.29, 1.82) is 0 Å². The summed E-state index contributed by atoms with van der Waals surface area (Å²) >= 11 is 0. The van der Waals surface area contributed by atoms with E-state index in [1.165, 1.54) is 32.4 Å².